The second-order valence-corrected chi connectivity index (χ2v) is 7.89. The maximum absolute atomic E-state index is 14.0. The molecule has 122 valence electrons. The first-order valence-electron chi connectivity index (χ1n) is 8.06. The van der Waals surface area contributed by atoms with Gasteiger partial charge in [0.25, 0.3) is 11.8 Å². The first-order valence-corrected chi connectivity index (χ1v) is 8.06. The van der Waals surface area contributed by atoms with Crippen LogP contribution < -0.4 is 0 Å². The highest BCUT2D eigenvalue weighted by molar-refractivity contribution is 6.21. The molecule has 0 radical (unpaired) electrons. The molecular formula is C18H19F2NO2. The number of carbonyl (C=O) groups excluding carboxylic acids is 2. The number of nitrogens with zero attached hydrogens (tertiary/aromatic N) is 1. The molecule has 1 heterocycles. The standard InChI is InChI=1S/C18H19F2NO2/c1-17(2)9-6-7-18(17,3)12(8-9)21-15(22)13-10(19)4-5-11(20)14(13)16(21)23/h4-5,9,12H,6-8H2,1-3H3/t9-,12+,18+/m1/s1. The number of halogens is 2. The van der Waals surface area contributed by atoms with E-state index in [2.05, 4.69) is 20.8 Å². The number of hydrogen-bond donors (Lipinski definition) is 0. The van der Waals surface area contributed by atoms with E-state index in [-0.39, 0.29) is 16.9 Å². The lowest BCUT2D eigenvalue weighted by Crippen LogP contribution is -2.49. The number of amides is 2. The summed E-state index contributed by atoms with van der Waals surface area (Å²) in [6.07, 6.45) is 2.72. The van der Waals surface area contributed by atoms with Gasteiger partial charge < -0.3 is 0 Å². The lowest BCUT2D eigenvalue weighted by atomic mass is 9.69. The largest absolute Gasteiger partial charge is 0.270 e. The third-order valence-corrected chi connectivity index (χ3v) is 7.03. The summed E-state index contributed by atoms with van der Waals surface area (Å²) in [7, 11) is 0. The van der Waals surface area contributed by atoms with E-state index in [4.69, 9.17) is 0 Å². The van der Waals surface area contributed by atoms with Crippen molar-refractivity contribution in [3.63, 3.8) is 0 Å². The smallest absolute Gasteiger partial charge is 0.264 e. The molecule has 4 rings (SSSR count). The Hall–Kier alpha value is -1.78. The van der Waals surface area contributed by atoms with Crippen LogP contribution in [0.4, 0.5) is 8.78 Å². The molecule has 2 aliphatic carbocycles. The van der Waals surface area contributed by atoms with Gasteiger partial charge in [0.1, 0.15) is 11.6 Å². The fourth-order valence-corrected chi connectivity index (χ4v) is 5.14. The van der Waals surface area contributed by atoms with Gasteiger partial charge >= 0.3 is 0 Å². The molecule has 3 aliphatic rings. The molecule has 23 heavy (non-hydrogen) atoms. The van der Waals surface area contributed by atoms with Gasteiger partial charge in [-0.2, -0.15) is 0 Å². The lowest BCUT2D eigenvalue weighted by Gasteiger charge is -2.42. The molecule has 0 saturated heterocycles. The highest BCUT2D eigenvalue weighted by Gasteiger charge is 2.65. The van der Waals surface area contributed by atoms with Crippen molar-refractivity contribution in [2.24, 2.45) is 16.7 Å². The van der Waals surface area contributed by atoms with Crippen LogP contribution >= 0.6 is 0 Å². The minimum atomic E-state index is -0.824. The molecule has 0 aromatic heterocycles. The number of imide groups is 1. The monoisotopic (exact) mass is 319 g/mol. The predicted molar refractivity (Wildman–Crippen MR) is 79.9 cm³/mol. The maximum atomic E-state index is 14.0. The Labute approximate surface area is 133 Å². The van der Waals surface area contributed by atoms with E-state index in [0.29, 0.717) is 5.92 Å². The number of benzene rings is 1. The van der Waals surface area contributed by atoms with Crippen molar-refractivity contribution in [3.8, 4) is 0 Å². The van der Waals surface area contributed by atoms with Gasteiger partial charge in [-0.25, -0.2) is 8.78 Å². The molecule has 1 aromatic rings. The van der Waals surface area contributed by atoms with Gasteiger partial charge in [-0.05, 0) is 48.1 Å². The van der Waals surface area contributed by atoms with E-state index < -0.39 is 34.6 Å². The molecule has 0 unspecified atom stereocenters. The Morgan fingerprint density at radius 1 is 1.04 bits per heavy atom. The van der Waals surface area contributed by atoms with Gasteiger partial charge in [0, 0.05) is 6.04 Å². The third kappa shape index (κ3) is 1.53. The average molecular weight is 319 g/mol. The van der Waals surface area contributed by atoms with E-state index in [1.54, 1.807) is 0 Å². The molecule has 2 saturated carbocycles. The van der Waals surface area contributed by atoms with Crippen molar-refractivity contribution < 1.29 is 18.4 Å². The van der Waals surface area contributed by atoms with E-state index in [9.17, 15) is 18.4 Å². The van der Waals surface area contributed by atoms with Crippen LogP contribution in [0.15, 0.2) is 12.1 Å². The summed E-state index contributed by atoms with van der Waals surface area (Å²) in [5.41, 5.74) is -1.01. The molecular weight excluding hydrogens is 300 g/mol. The molecule has 1 aromatic carbocycles. The number of carbonyl (C=O) groups is 2. The van der Waals surface area contributed by atoms with E-state index >= 15 is 0 Å². The second-order valence-electron chi connectivity index (χ2n) is 7.89. The van der Waals surface area contributed by atoms with Gasteiger partial charge in [0.2, 0.25) is 0 Å². The predicted octanol–water partition coefficient (Wildman–Crippen LogP) is 3.78. The van der Waals surface area contributed by atoms with Crippen molar-refractivity contribution >= 4 is 11.8 Å². The van der Waals surface area contributed by atoms with Crippen LogP contribution in [0.3, 0.4) is 0 Å². The molecule has 0 N–H and O–H groups in total. The summed E-state index contributed by atoms with van der Waals surface area (Å²) in [6.45, 7) is 6.44. The summed E-state index contributed by atoms with van der Waals surface area (Å²) in [4.78, 5) is 26.5. The number of rotatable bonds is 1. The van der Waals surface area contributed by atoms with Gasteiger partial charge in [0.05, 0.1) is 11.1 Å². The van der Waals surface area contributed by atoms with Crippen LogP contribution in [0.2, 0.25) is 0 Å². The average Bonchev–Trinajstić information content (AvgIpc) is 2.95. The van der Waals surface area contributed by atoms with Crippen LogP contribution in [0.25, 0.3) is 0 Å². The molecule has 3 nitrogen and oxygen atoms in total. The fourth-order valence-electron chi connectivity index (χ4n) is 5.14. The van der Waals surface area contributed by atoms with Gasteiger partial charge in [-0.15, -0.1) is 0 Å². The summed E-state index contributed by atoms with van der Waals surface area (Å²) in [5.74, 6) is -2.59. The highest BCUT2D eigenvalue weighted by atomic mass is 19.1. The van der Waals surface area contributed by atoms with E-state index in [1.165, 1.54) is 0 Å². The normalized spacial score (nSPS) is 34.4. The molecule has 2 amide bonds. The maximum Gasteiger partial charge on any atom is 0.264 e. The Kier molecular flexibility index (Phi) is 2.69. The SMILES string of the molecule is CC1(C)[C@@H]2CC[C@@]1(C)[C@@H](N1C(=O)c3c(F)ccc(F)c3C1=O)C2. The molecule has 0 spiro atoms. The first-order chi connectivity index (χ1) is 10.7. The van der Waals surface area contributed by atoms with Crippen LogP contribution in [-0.4, -0.2) is 22.8 Å². The van der Waals surface area contributed by atoms with Gasteiger partial charge in [-0.3, -0.25) is 14.5 Å². The summed E-state index contributed by atoms with van der Waals surface area (Å²) >= 11 is 0. The Bertz CT molecular complexity index is 717. The third-order valence-electron chi connectivity index (χ3n) is 7.03. The Morgan fingerprint density at radius 2 is 1.57 bits per heavy atom. The van der Waals surface area contributed by atoms with Crippen molar-refractivity contribution in [2.45, 2.75) is 46.1 Å². The van der Waals surface area contributed by atoms with Crippen molar-refractivity contribution in [3.05, 3.63) is 34.9 Å². The van der Waals surface area contributed by atoms with Crippen LogP contribution in [0, 0.1) is 28.4 Å². The Balaban J connectivity index is 1.82. The van der Waals surface area contributed by atoms with E-state index in [0.717, 1.165) is 36.3 Å². The molecule has 2 bridgehead atoms. The lowest BCUT2D eigenvalue weighted by molar-refractivity contribution is 0.0316. The quantitative estimate of drug-likeness (QED) is 0.739. The Morgan fingerprint density at radius 3 is 1.96 bits per heavy atom. The zero-order valence-electron chi connectivity index (χ0n) is 13.5. The first kappa shape index (κ1) is 14.8. The summed E-state index contributed by atoms with van der Waals surface area (Å²) < 4.78 is 28.0. The zero-order chi connectivity index (χ0) is 16.7. The van der Waals surface area contributed by atoms with Gasteiger partial charge in [-0.1, -0.05) is 20.8 Å². The van der Waals surface area contributed by atoms with Crippen molar-refractivity contribution in [2.75, 3.05) is 0 Å². The number of fused-ring (bicyclic) bond motifs is 3. The molecule has 2 fully saturated rings. The van der Waals surface area contributed by atoms with Crippen LogP contribution in [0.5, 0.6) is 0 Å². The van der Waals surface area contributed by atoms with Crippen molar-refractivity contribution in [1.82, 2.24) is 4.90 Å². The minimum absolute atomic E-state index is 0.00406. The summed E-state index contributed by atoms with van der Waals surface area (Å²) in [6, 6.07) is 1.53. The van der Waals surface area contributed by atoms with Crippen molar-refractivity contribution in [1.29, 1.82) is 0 Å². The van der Waals surface area contributed by atoms with Gasteiger partial charge in [0.15, 0.2) is 0 Å². The molecule has 5 heteroatoms. The van der Waals surface area contributed by atoms with E-state index in [1.807, 2.05) is 0 Å². The number of hydrogen-bond acceptors (Lipinski definition) is 2. The fraction of sp³-hybridized carbons (Fsp3) is 0.556. The molecule has 3 atom stereocenters. The van der Waals surface area contributed by atoms with Crippen LogP contribution in [0.1, 0.15) is 60.7 Å². The summed E-state index contributed by atoms with van der Waals surface area (Å²) in [5, 5.41) is 0. The molecule has 1 aliphatic heterocycles. The topological polar surface area (TPSA) is 37.4 Å². The highest BCUT2D eigenvalue weighted by Crippen LogP contribution is 2.67. The minimum Gasteiger partial charge on any atom is -0.270 e. The zero-order valence-corrected chi connectivity index (χ0v) is 13.5. The second kappa shape index (κ2) is 4.19. The van der Waals surface area contributed by atoms with Crippen LogP contribution in [-0.2, 0) is 0 Å².